The van der Waals surface area contributed by atoms with Crippen LogP contribution in [0.3, 0.4) is 0 Å². The van der Waals surface area contributed by atoms with E-state index in [-0.39, 0.29) is 115 Å². The molecule has 4 spiro atoms. The molecule has 14 fully saturated rings. The summed E-state index contributed by atoms with van der Waals surface area (Å²) in [6.45, 7) is 39.1. The minimum absolute atomic E-state index is 0.0216. The van der Waals surface area contributed by atoms with Crippen LogP contribution in [0.2, 0.25) is 0 Å². The predicted molar refractivity (Wildman–Crippen MR) is 340 cm³/mol. The molecule has 17 nitrogen and oxygen atoms in total. The van der Waals surface area contributed by atoms with Crippen LogP contribution in [0.25, 0.3) is 0 Å². The van der Waals surface area contributed by atoms with Crippen molar-refractivity contribution in [2.45, 2.75) is 305 Å². The van der Waals surface area contributed by atoms with E-state index in [1.807, 2.05) is 4.90 Å². The molecule has 1 amide bonds. The molecule has 0 bridgehead atoms. The molecule has 28 atom stereocenters. The number of aliphatic hydroxyl groups excluding tert-OH is 2. The Morgan fingerprint density at radius 2 is 0.967 bits per heavy atom. The van der Waals surface area contributed by atoms with Crippen LogP contribution < -0.4 is 5.32 Å². The Hall–Kier alpha value is -2.03. The van der Waals surface area contributed by atoms with E-state index in [9.17, 15) is 34.8 Å². The minimum atomic E-state index is -1.26. The molecule has 10 saturated carbocycles. The van der Waals surface area contributed by atoms with Crippen LogP contribution in [0.1, 0.15) is 220 Å². The van der Waals surface area contributed by atoms with Gasteiger partial charge in [0.05, 0.1) is 79.8 Å². The molecule has 2 unspecified atom stereocenters. The van der Waals surface area contributed by atoms with E-state index in [2.05, 4.69) is 74.6 Å². The standard InChI is InChI=1S/C38H61NO8.C36H59NO7/c1-21-18-24(32(34(6,7)43)45-23(3)41)46-30-29(21)35(8)14-15-38-20-37(38)13-12-27(47-28-19-39(22(2)40)16-17-44-28)33(4,5)25(37)10-11-26(38)36(35,9)31(30)42;1-20-17-22(30(32(5,6)40)42-21(2)38)43-28-27(20)33(7)13-14-36-19-35(36)12-11-25(44-26-18-37-15-16-41-26)31(3,4)23(35)9-10-24(36)34(33,8)29(28)39/h21,24-32,42-43H,10-20H2,1-9H3;20,22-30,37,39-40H,9-19H2,1-8H3/t21-,24-,25+,26+,27+,28+,29?,30+,31+,32+,35-,36-,37-,38+;20-,22-,23+,24+,25+,26+,27?,28+,29+,30+,33-,34-,35-,36+/m11/s1. The molecule has 0 aromatic rings. The quantitative estimate of drug-likeness (QED) is 0.128. The monoisotopic (exact) mass is 1280 g/mol. The third-order valence-electron chi connectivity index (χ3n) is 31.2. The van der Waals surface area contributed by atoms with Crippen molar-refractivity contribution in [3.63, 3.8) is 0 Å². The van der Waals surface area contributed by atoms with Gasteiger partial charge in [0.25, 0.3) is 0 Å². The van der Waals surface area contributed by atoms with E-state index >= 15 is 0 Å². The van der Waals surface area contributed by atoms with Gasteiger partial charge < -0.3 is 68.5 Å². The lowest BCUT2D eigenvalue weighted by molar-refractivity contribution is -0.247. The number of nitrogens with one attached hydrogen (secondary N) is 1. The van der Waals surface area contributed by atoms with Crippen molar-refractivity contribution in [1.82, 2.24) is 10.2 Å². The average Bonchev–Trinajstić information content (AvgIpc) is 1.47. The summed E-state index contributed by atoms with van der Waals surface area (Å²) in [4.78, 5) is 38.0. The number of morpholine rings is 2. The highest BCUT2D eigenvalue weighted by atomic mass is 16.7. The second kappa shape index (κ2) is 22.2. The van der Waals surface area contributed by atoms with Crippen molar-refractivity contribution in [2.75, 3.05) is 39.4 Å². The molecule has 0 radical (unpaired) electrons. The summed E-state index contributed by atoms with van der Waals surface area (Å²) in [7, 11) is 0. The number of carbonyl (C=O) groups excluding carboxylic acids is 3. The minimum Gasteiger partial charge on any atom is -0.457 e. The van der Waals surface area contributed by atoms with Crippen molar-refractivity contribution in [3.05, 3.63) is 0 Å². The molecule has 4 saturated heterocycles. The molecule has 516 valence electrons. The topological polar surface area (TPSA) is 221 Å². The first kappa shape index (κ1) is 67.5. The smallest absolute Gasteiger partial charge is 0.303 e. The molecule has 91 heavy (non-hydrogen) atoms. The highest BCUT2D eigenvalue weighted by Gasteiger charge is 2.87. The van der Waals surface area contributed by atoms with Gasteiger partial charge in [0.15, 0.2) is 24.8 Å². The van der Waals surface area contributed by atoms with Crippen molar-refractivity contribution >= 4 is 17.8 Å². The first-order valence-electron chi connectivity index (χ1n) is 36.3. The molecule has 10 aliphatic carbocycles. The molecule has 14 rings (SSSR count). The Morgan fingerprint density at radius 3 is 1.36 bits per heavy atom. The van der Waals surface area contributed by atoms with Crippen LogP contribution >= 0.6 is 0 Å². The summed E-state index contributed by atoms with van der Waals surface area (Å²) in [5.41, 5.74) is -2.02. The van der Waals surface area contributed by atoms with Gasteiger partial charge in [-0.05, 0) is 221 Å². The fourth-order valence-corrected chi connectivity index (χ4v) is 27.2. The first-order valence-corrected chi connectivity index (χ1v) is 36.3. The van der Waals surface area contributed by atoms with E-state index in [1.165, 1.54) is 52.4 Å². The van der Waals surface area contributed by atoms with E-state index in [0.29, 0.717) is 68.2 Å². The highest BCUT2D eigenvalue weighted by molar-refractivity contribution is 5.73. The first-order chi connectivity index (χ1) is 42.4. The van der Waals surface area contributed by atoms with Crippen LogP contribution in [0.5, 0.6) is 0 Å². The molecule has 0 aromatic carbocycles. The summed E-state index contributed by atoms with van der Waals surface area (Å²) in [5, 5.41) is 50.5. The number of carbonyl (C=O) groups is 3. The summed E-state index contributed by atoms with van der Waals surface area (Å²) < 4.78 is 50.4. The Kier molecular flexibility index (Phi) is 16.5. The number of nitrogens with zero attached hydrogens (tertiary/aromatic N) is 1. The van der Waals surface area contributed by atoms with Crippen molar-refractivity contribution < 1.29 is 72.7 Å². The van der Waals surface area contributed by atoms with Gasteiger partial charge >= 0.3 is 11.9 Å². The average molecular weight is 1280 g/mol. The normalized spacial score (nSPS) is 51.9. The van der Waals surface area contributed by atoms with Gasteiger partial charge in [0, 0.05) is 51.2 Å². The third kappa shape index (κ3) is 9.62. The van der Waals surface area contributed by atoms with Gasteiger partial charge in [-0.15, -0.1) is 0 Å². The number of fused-ring (bicyclic) bond motifs is 8. The second-order valence-corrected chi connectivity index (χ2v) is 36.5. The summed E-state index contributed by atoms with van der Waals surface area (Å²) in [5.74, 6) is 2.23. The molecule has 17 heteroatoms. The summed E-state index contributed by atoms with van der Waals surface area (Å²) in [6.07, 6.45) is 12.9. The van der Waals surface area contributed by atoms with Gasteiger partial charge in [0.1, 0.15) is 0 Å². The Labute approximate surface area is 544 Å². The summed E-state index contributed by atoms with van der Waals surface area (Å²) >= 11 is 0. The molecule has 4 heterocycles. The number of rotatable bonds is 10. The fourth-order valence-electron chi connectivity index (χ4n) is 27.2. The third-order valence-corrected chi connectivity index (χ3v) is 31.2. The number of esters is 2. The zero-order valence-corrected chi connectivity index (χ0v) is 58.8. The van der Waals surface area contributed by atoms with E-state index in [1.54, 1.807) is 34.6 Å². The molecule has 0 aromatic heterocycles. The Balaban J connectivity index is 0.000000167. The fraction of sp³-hybridized carbons (Fsp3) is 0.959. The maximum atomic E-state index is 12.5. The van der Waals surface area contributed by atoms with Gasteiger partial charge in [-0.2, -0.15) is 0 Å². The maximum absolute atomic E-state index is 12.5. The van der Waals surface area contributed by atoms with Gasteiger partial charge in [-0.1, -0.05) is 69.2 Å². The highest BCUT2D eigenvalue weighted by Crippen LogP contribution is 2.91. The number of amides is 1. The van der Waals surface area contributed by atoms with Crippen molar-refractivity contribution in [1.29, 1.82) is 0 Å². The largest absolute Gasteiger partial charge is 0.457 e. The van der Waals surface area contributed by atoms with Crippen molar-refractivity contribution in [2.24, 2.45) is 101 Å². The van der Waals surface area contributed by atoms with Crippen molar-refractivity contribution in [3.8, 4) is 0 Å². The van der Waals surface area contributed by atoms with Crippen LogP contribution in [-0.2, 0) is 52.3 Å². The van der Waals surface area contributed by atoms with Crippen LogP contribution in [0.4, 0.5) is 0 Å². The lowest BCUT2D eigenvalue weighted by atomic mass is 9.41. The lowest BCUT2D eigenvalue weighted by Crippen LogP contribution is -2.60. The van der Waals surface area contributed by atoms with E-state index < -0.39 is 59.8 Å². The molecule has 14 aliphatic rings. The maximum Gasteiger partial charge on any atom is 0.303 e. The van der Waals surface area contributed by atoms with Crippen LogP contribution in [0.15, 0.2) is 0 Å². The molecular formula is C74H120N2O15. The van der Waals surface area contributed by atoms with Gasteiger partial charge in [-0.3, -0.25) is 14.4 Å². The van der Waals surface area contributed by atoms with Gasteiger partial charge in [-0.25, -0.2) is 0 Å². The Morgan fingerprint density at radius 1 is 0.560 bits per heavy atom. The zero-order valence-electron chi connectivity index (χ0n) is 58.8. The SMILES string of the molecule is CC(=O)O[C@@H]([C@H]1C[C@@H](C)C2[C@H](O1)[C@H](O)[C@@]1(C)[C@@H]3CC[C@H]4C(C)(C)[C@@H](O[C@H]5CN(C(C)=O)CCO5)CC[C@@]45C[C@@]35CC[C@]21C)C(C)(C)O.CC(=O)O[C@@H]([C@H]1C[C@@H](C)C2[C@H](O1)[C@H](O)[C@@]1(C)[C@@H]3CC[C@H]4C(C)(C)[C@@H](O[C@H]5CNCCO5)CC[C@@]45C[C@@]35CC[C@]21C)C(C)(C)O. The summed E-state index contributed by atoms with van der Waals surface area (Å²) in [6, 6.07) is 0. The number of aliphatic hydroxyl groups is 4. The number of ether oxygens (including phenoxy) is 8. The van der Waals surface area contributed by atoms with E-state index in [4.69, 9.17) is 37.9 Å². The van der Waals surface area contributed by atoms with E-state index in [0.717, 1.165) is 64.5 Å². The van der Waals surface area contributed by atoms with Crippen LogP contribution in [0, 0.1) is 101 Å². The van der Waals surface area contributed by atoms with Gasteiger partial charge in [0.2, 0.25) is 5.91 Å². The zero-order chi connectivity index (χ0) is 65.8. The molecule has 5 N–H and O–H groups in total. The molecular weight excluding hydrogens is 1160 g/mol. The molecule has 4 aliphatic heterocycles. The second-order valence-electron chi connectivity index (χ2n) is 36.5. The number of hydrogen-bond donors (Lipinski definition) is 5. The lowest BCUT2D eigenvalue weighted by Gasteiger charge is -2.64. The Bertz CT molecular complexity index is 2800. The van der Waals surface area contributed by atoms with Crippen LogP contribution in [-0.4, -0.2) is 167 Å². The number of hydrogen-bond acceptors (Lipinski definition) is 16. The predicted octanol–water partition coefficient (Wildman–Crippen LogP) is 9.93.